The van der Waals surface area contributed by atoms with Gasteiger partial charge in [-0.2, -0.15) is 4.57 Å². The molecular weight excluding hydrogens is 218 g/mol. The SMILES string of the molecule is CCCC[n+]1cc2ccccc2c2ccccc21. The summed E-state index contributed by atoms with van der Waals surface area (Å²) in [6.45, 7) is 3.34. The Balaban J connectivity index is 2.32. The maximum absolute atomic E-state index is 2.39. The molecule has 0 spiro atoms. The van der Waals surface area contributed by atoms with E-state index in [0.29, 0.717) is 0 Å². The highest BCUT2D eigenvalue weighted by atomic mass is 14.9. The lowest BCUT2D eigenvalue weighted by Crippen LogP contribution is -2.34. The summed E-state index contributed by atoms with van der Waals surface area (Å²) < 4.78 is 2.39. The van der Waals surface area contributed by atoms with Crippen LogP contribution in [0.3, 0.4) is 0 Å². The second kappa shape index (κ2) is 4.77. The van der Waals surface area contributed by atoms with Crippen LogP contribution in [0.25, 0.3) is 21.7 Å². The largest absolute Gasteiger partial charge is 0.213 e. The molecule has 0 saturated heterocycles. The molecular formula is C17H18N+. The summed E-state index contributed by atoms with van der Waals surface area (Å²) in [6, 6.07) is 17.3. The van der Waals surface area contributed by atoms with Gasteiger partial charge in [0.1, 0.15) is 6.54 Å². The quantitative estimate of drug-likeness (QED) is 0.476. The number of hydrogen-bond donors (Lipinski definition) is 0. The zero-order chi connectivity index (χ0) is 12.4. The molecule has 0 bridgehead atoms. The number of nitrogens with zero attached hydrogens (tertiary/aromatic N) is 1. The molecule has 0 aliphatic heterocycles. The molecule has 0 amide bonds. The second-order valence-electron chi connectivity index (χ2n) is 4.78. The predicted molar refractivity (Wildman–Crippen MR) is 76.6 cm³/mol. The highest BCUT2D eigenvalue weighted by molar-refractivity contribution is 6.03. The number of aryl methyl sites for hydroxylation is 1. The number of pyridine rings is 1. The Morgan fingerprint density at radius 2 is 1.61 bits per heavy atom. The number of aromatic nitrogens is 1. The summed E-state index contributed by atoms with van der Waals surface area (Å²) in [7, 11) is 0. The minimum atomic E-state index is 1.10. The Hall–Kier alpha value is -1.89. The van der Waals surface area contributed by atoms with Crippen molar-refractivity contribution in [2.24, 2.45) is 0 Å². The summed E-state index contributed by atoms with van der Waals surface area (Å²) in [6.07, 6.45) is 4.74. The van der Waals surface area contributed by atoms with E-state index in [0.717, 1.165) is 6.54 Å². The Labute approximate surface area is 108 Å². The third-order valence-corrected chi connectivity index (χ3v) is 3.51. The number of fused-ring (bicyclic) bond motifs is 3. The minimum absolute atomic E-state index is 1.10. The molecule has 3 aromatic rings. The lowest BCUT2D eigenvalue weighted by atomic mass is 10.1. The Bertz CT molecular complexity index is 685. The average molecular weight is 236 g/mol. The third-order valence-electron chi connectivity index (χ3n) is 3.51. The fourth-order valence-electron chi connectivity index (χ4n) is 2.56. The summed E-state index contributed by atoms with van der Waals surface area (Å²) >= 11 is 0. The van der Waals surface area contributed by atoms with E-state index >= 15 is 0 Å². The highest BCUT2D eigenvalue weighted by Gasteiger charge is 2.11. The van der Waals surface area contributed by atoms with E-state index in [1.165, 1.54) is 34.5 Å². The molecule has 0 atom stereocenters. The van der Waals surface area contributed by atoms with Crippen LogP contribution in [-0.2, 0) is 6.54 Å². The first-order chi connectivity index (χ1) is 8.90. The molecule has 0 aliphatic carbocycles. The maximum Gasteiger partial charge on any atom is 0.213 e. The van der Waals surface area contributed by atoms with Crippen LogP contribution in [-0.4, -0.2) is 0 Å². The number of hydrogen-bond acceptors (Lipinski definition) is 0. The van der Waals surface area contributed by atoms with E-state index in [1.54, 1.807) is 0 Å². The van der Waals surface area contributed by atoms with Crippen LogP contribution in [0.4, 0.5) is 0 Å². The van der Waals surface area contributed by atoms with E-state index in [9.17, 15) is 0 Å². The first-order valence-electron chi connectivity index (χ1n) is 6.70. The van der Waals surface area contributed by atoms with Gasteiger partial charge in [0.25, 0.3) is 0 Å². The van der Waals surface area contributed by atoms with Crippen molar-refractivity contribution in [3.8, 4) is 0 Å². The van der Waals surface area contributed by atoms with Gasteiger partial charge in [-0.3, -0.25) is 0 Å². The van der Waals surface area contributed by atoms with Gasteiger partial charge in [-0.15, -0.1) is 0 Å². The number of rotatable bonds is 3. The molecule has 0 saturated carbocycles. The zero-order valence-electron chi connectivity index (χ0n) is 10.8. The van der Waals surface area contributed by atoms with E-state index < -0.39 is 0 Å². The Kier molecular flexibility index (Phi) is 2.97. The van der Waals surface area contributed by atoms with Gasteiger partial charge in [-0.1, -0.05) is 43.7 Å². The summed E-state index contributed by atoms with van der Waals surface area (Å²) in [5.74, 6) is 0. The maximum atomic E-state index is 2.39. The molecule has 0 radical (unpaired) electrons. The van der Waals surface area contributed by atoms with Gasteiger partial charge in [-0.25, -0.2) is 0 Å². The molecule has 1 aromatic heterocycles. The van der Waals surface area contributed by atoms with Crippen molar-refractivity contribution in [2.75, 3.05) is 0 Å². The molecule has 3 rings (SSSR count). The van der Waals surface area contributed by atoms with E-state index in [-0.39, 0.29) is 0 Å². The lowest BCUT2D eigenvalue weighted by molar-refractivity contribution is -0.670. The number of benzene rings is 2. The molecule has 0 unspecified atom stereocenters. The highest BCUT2D eigenvalue weighted by Crippen LogP contribution is 2.21. The molecule has 1 nitrogen and oxygen atoms in total. The second-order valence-corrected chi connectivity index (χ2v) is 4.78. The third kappa shape index (κ3) is 1.86. The van der Waals surface area contributed by atoms with Crippen molar-refractivity contribution in [3.63, 3.8) is 0 Å². The Morgan fingerprint density at radius 1 is 0.889 bits per heavy atom. The average Bonchev–Trinajstić information content (AvgIpc) is 2.45. The van der Waals surface area contributed by atoms with Crippen LogP contribution >= 0.6 is 0 Å². The molecule has 1 heterocycles. The van der Waals surface area contributed by atoms with Gasteiger partial charge in [-0.05, 0) is 12.1 Å². The first-order valence-corrected chi connectivity index (χ1v) is 6.70. The topological polar surface area (TPSA) is 3.88 Å². The standard InChI is InChI=1S/C17H18N/c1-2-3-12-18-13-14-8-4-5-9-15(14)16-10-6-7-11-17(16)18/h4-11,13H,2-3,12H2,1H3/q+1. The lowest BCUT2D eigenvalue weighted by Gasteiger charge is -2.04. The normalized spacial score (nSPS) is 11.2. The molecule has 90 valence electrons. The first kappa shape index (κ1) is 11.2. The molecule has 0 N–H and O–H groups in total. The molecule has 0 fully saturated rings. The summed E-state index contributed by atoms with van der Waals surface area (Å²) in [5.41, 5.74) is 1.34. The van der Waals surface area contributed by atoms with Crippen molar-refractivity contribution in [1.82, 2.24) is 0 Å². The molecule has 0 aliphatic rings. The van der Waals surface area contributed by atoms with Crippen LogP contribution in [0, 0.1) is 0 Å². The summed E-state index contributed by atoms with van der Waals surface area (Å²) in [4.78, 5) is 0. The van der Waals surface area contributed by atoms with Gasteiger partial charge in [0.15, 0.2) is 6.20 Å². The number of para-hydroxylation sites is 1. The molecule has 2 aromatic carbocycles. The van der Waals surface area contributed by atoms with Crippen molar-refractivity contribution in [1.29, 1.82) is 0 Å². The van der Waals surface area contributed by atoms with Crippen LogP contribution in [0.2, 0.25) is 0 Å². The fraction of sp³-hybridized carbons (Fsp3) is 0.235. The van der Waals surface area contributed by atoms with Gasteiger partial charge in [0, 0.05) is 23.3 Å². The predicted octanol–water partition coefficient (Wildman–Crippen LogP) is 4.08. The van der Waals surface area contributed by atoms with E-state index in [2.05, 4.69) is 66.2 Å². The van der Waals surface area contributed by atoms with Crippen molar-refractivity contribution < 1.29 is 4.57 Å². The van der Waals surface area contributed by atoms with E-state index in [1.807, 2.05) is 0 Å². The monoisotopic (exact) mass is 236 g/mol. The fourth-order valence-corrected chi connectivity index (χ4v) is 2.56. The smallest absolute Gasteiger partial charge is 0.198 e. The van der Waals surface area contributed by atoms with Crippen LogP contribution in [0.1, 0.15) is 19.8 Å². The Morgan fingerprint density at radius 3 is 2.44 bits per heavy atom. The minimum Gasteiger partial charge on any atom is -0.198 e. The molecule has 18 heavy (non-hydrogen) atoms. The summed E-state index contributed by atoms with van der Waals surface area (Å²) in [5, 5.41) is 4.03. The van der Waals surface area contributed by atoms with Gasteiger partial charge in [0.2, 0.25) is 5.52 Å². The van der Waals surface area contributed by atoms with Gasteiger partial charge >= 0.3 is 0 Å². The molecule has 1 heteroatoms. The number of unbranched alkanes of at least 4 members (excludes halogenated alkanes) is 1. The van der Waals surface area contributed by atoms with Crippen molar-refractivity contribution >= 4 is 21.7 Å². The van der Waals surface area contributed by atoms with Gasteiger partial charge in [0.05, 0.1) is 5.39 Å². The van der Waals surface area contributed by atoms with Crippen molar-refractivity contribution in [2.45, 2.75) is 26.3 Å². The van der Waals surface area contributed by atoms with E-state index in [4.69, 9.17) is 0 Å². The van der Waals surface area contributed by atoms with Crippen LogP contribution < -0.4 is 4.57 Å². The van der Waals surface area contributed by atoms with Crippen molar-refractivity contribution in [3.05, 3.63) is 54.7 Å². The zero-order valence-corrected chi connectivity index (χ0v) is 10.8. The van der Waals surface area contributed by atoms with Gasteiger partial charge < -0.3 is 0 Å². The van der Waals surface area contributed by atoms with Crippen LogP contribution in [0.5, 0.6) is 0 Å². The van der Waals surface area contributed by atoms with Crippen LogP contribution in [0.15, 0.2) is 54.7 Å².